The number of phenols is 1. The Morgan fingerprint density at radius 3 is 1.80 bits per heavy atom. The summed E-state index contributed by atoms with van der Waals surface area (Å²) in [5, 5.41) is 24.1. The zero-order valence-electron chi connectivity index (χ0n) is 18.3. The van der Waals surface area contributed by atoms with Crippen molar-refractivity contribution in [1.82, 2.24) is 9.80 Å². The highest BCUT2D eigenvalue weighted by Gasteiger charge is 2.38. The van der Waals surface area contributed by atoms with Gasteiger partial charge in [0.2, 0.25) is 0 Å². The summed E-state index contributed by atoms with van der Waals surface area (Å²) in [6, 6.07) is 4.81. The lowest BCUT2D eigenvalue weighted by atomic mass is 10.0. The van der Waals surface area contributed by atoms with E-state index in [2.05, 4.69) is 9.80 Å². The number of carboxylic acids is 2. The van der Waals surface area contributed by atoms with E-state index in [1.54, 1.807) is 0 Å². The molecule has 1 aromatic carbocycles. The van der Waals surface area contributed by atoms with E-state index in [1.807, 2.05) is 0 Å². The number of aliphatic carboxylic acids is 2. The van der Waals surface area contributed by atoms with Crippen LogP contribution in [0.2, 0.25) is 0 Å². The third-order valence-corrected chi connectivity index (χ3v) is 5.04. The maximum atomic E-state index is 13.3. The van der Waals surface area contributed by atoms with Crippen LogP contribution in [0.25, 0.3) is 0 Å². The summed E-state index contributed by atoms with van der Waals surface area (Å²) >= 11 is 0. The van der Waals surface area contributed by atoms with Crippen LogP contribution in [0.3, 0.4) is 0 Å². The monoisotopic (exact) mass is 522 g/mol. The van der Waals surface area contributed by atoms with Crippen LogP contribution in [0.5, 0.6) is 5.75 Å². The first kappa shape index (κ1) is 30.4. The predicted molar refractivity (Wildman–Crippen MR) is 106 cm³/mol. The average Bonchev–Trinajstić information content (AvgIpc) is 2.77. The number of ether oxygens (including phenoxy) is 1. The number of benzene rings is 1. The van der Waals surface area contributed by atoms with Crippen molar-refractivity contribution in [3.05, 3.63) is 29.6 Å². The van der Waals surface area contributed by atoms with Gasteiger partial charge in [0.25, 0.3) is 0 Å². The molecule has 0 aromatic heterocycles. The smallest absolute Gasteiger partial charge is 0.490 e. The van der Waals surface area contributed by atoms with E-state index in [4.69, 9.17) is 24.5 Å². The summed E-state index contributed by atoms with van der Waals surface area (Å²) in [7, 11) is 0. The van der Waals surface area contributed by atoms with Crippen LogP contribution < -0.4 is 0 Å². The first-order chi connectivity index (χ1) is 16.1. The Kier molecular flexibility index (Phi) is 11.7. The van der Waals surface area contributed by atoms with E-state index in [-0.39, 0.29) is 11.6 Å². The van der Waals surface area contributed by atoms with Gasteiger partial charge in [0, 0.05) is 31.2 Å². The molecule has 0 radical (unpaired) electrons. The van der Waals surface area contributed by atoms with Crippen molar-refractivity contribution in [2.24, 2.45) is 0 Å². The molecular weight excluding hydrogens is 497 g/mol. The number of halogens is 7. The van der Waals surface area contributed by atoms with Gasteiger partial charge in [-0.05, 0) is 44.1 Å². The Morgan fingerprint density at radius 2 is 1.37 bits per heavy atom. The van der Waals surface area contributed by atoms with Gasteiger partial charge in [-0.2, -0.15) is 26.3 Å². The Balaban J connectivity index is 0.000000362. The van der Waals surface area contributed by atoms with Gasteiger partial charge in [-0.1, -0.05) is 0 Å². The number of hydrogen-bond donors (Lipinski definition) is 3. The van der Waals surface area contributed by atoms with E-state index in [0.29, 0.717) is 18.2 Å². The molecule has 0 aliphatic carbocycles. The van der Waals surface area contributed by atoms with Gasteiger partial charge in [-0.25, -0.2) is 14.0 Å². The number of piperidine rings is 1. The summed E-state index contributed by atoms with van der Waals surface area (Å²) < 4.78 is 82.1. The van der Waals surface area contributed by atoms with Crippen LogP contribution in [-0.4, -0.2) is 94.8 Å². The molecule has 2 aliphatic rings. The fourth-order valence-corrected chi connectivity index (χ4v) is 3.31. The van der Waals surface area contributed by atoms with E-state index in [9.17, 15) is 35.8 Å². The Bertz CT molecular complexity index is 797. The van der Waals surface area contributed by atoms with Crippen molar-refractivity contribution < 1.29 is 60.4 Å². The minimum absolute atomic E-state index is 0.187. The largest absolute Gasteiger partial charge is 0.508 e. The predicted octanol–water partition coefficient (Wildman–Crippen LogP) is 3.09. The molecule has 2 heterocycles. The highest BCUT2D eigenvalue weighted by atomic mass is 19.4. The topological polar surface area (TPSA) is 111 Å². The van der Waals surface area contributed by atoms with Crippen LogP contribution in [0.4, 0.5) is 30.7 Å². The molecule has 0 atom stereocenters. The number of hydrogen-bond acceptors (Lipinski definition) is 6. The Hall–Kier alpha value is -2.65. The summed E-state index contributed by atoms with van der Waals surface area (Å²) in [5.74, 6) is -5.61. The van der Waals surface area contributed by atoms with Gasteiger partial charge in [0.1, 0.15) is 11.6 Å². The number of phenolic OH excluding ortho intramolecular Hbond substituents is 1. The van der Waals surface area contributed by atoms with E-state index in [0.717, 1.165) is 52.2 Å². The summed E-state index contributed by atoms with van der Waals surface area (Å²) in [4.78, 5) is 22.6. The molecule has 1 aromatic rings. The highest BCUT2D eigenvalue weighted by Crippen LogP contribution is 2.23. The number of likely N-dealkylation sites (tertiary alicyclic amines) is 1. The zero-order valence-corrected chi connectivity index (χ0v) is 18.3. The molecule has 0 amide bonds. The number of nitrogens with zero attached hydrogens (tertiary/aromatic N) is 2. The minimum Gasteiger partial charge on any atom is -0.508 e. The number of carboxylic acid groups (broad SMARTS) is 2. The number of rotatable bonds is 3. The molecular formula is C20H25F7N2O6. The molecule has 35 heavy (non-hydrogen) atoms. The second-order valence-electron chi connectivity index (χ2n) is 7.53. The average molecular weight is 522 g/mol. The van der Waals surface area contributed by atoms with Crippen molar-refractivity contribution in [1.29, 1.82) is 0 Å². The standard InChI is InChI=1S/C16H23FN2O2.2C2HF3O2/c17-14-1-2-16(20)13(11-14)12-18-5-3-15(4-6-18)19-7-9-21-10-8-19;2*3-2(4,5)1(6)7/h1-2,11,15,20H,3-10,12H2;2*(H,6,7). The third-order valence-electron chi connectivity index (χ3n) is 5.04. The van der Waals surface area contributed by atoms with Gasteiger partial charge < -0.3 is 20.1 Å². The fourth-order valence-electron chi connectivity index (χ4n) is 3.31. The van der Waals surface area contributed by atoms with Crippen molar-refractivity contribution in [3.8, 4) is 5.75 Å². The normalized spacial score (nSPS) is 18.0. The zero-order chi connectivity index (χ0) is 26.8. The van der Waals surface area contributed by atoms with Crippen LogP contribution in [-0.2, 0) is 20.9 Å². The number of morpholine rings is 1. The minimum atomic E-state index is -5.08. The lowest BCUT2D eigenvalue weighted by Crippen LogP contribution is -2.48. The number of carbonyl (C=O) groups is 2. The second kappa shape index (κ2) is 13.4. The van der Waals surface area contributed by atoms with Crippen molar-refractivity contribution in [2.75, 3.05) is 39.4 Å². The maximum Gasteiger partial charge on any atom is 0.490 e. The first-order valence-electron chi connectivity index (χ1n) is 10.2. The quantitative estimate of drug-likeness (QED) is 0.520. The molecule has 200 valence electrons. The Morgan fingerprint density at radius 1 is 0.914 bits per heavy atom. The lowest BCUT2D eigenvalue weighted by molar-refractivity contribution is -0.193. The molecule has 2 fully saturated rings. The van der Waals surface area contributed by atoms with Gasteiger partial charge >= 0.3 is 24.3 Å². The van der Waals surface area contributed by atoms with Gasteiger partial charge in [-0.3, -0.25) is 9.80 Å². The molecule has 15 heteroatoms. The molecule has 3 N–H and O–H groups in total. The Labute approximate surface area is 195 Å². The van der Waals surface area contributed by atoms with Crippen LogP contribution in [0.1, 0.15) is 18.4 Å². The molecule has 2 saturated heterocycles. The van der Waals surface area contributed by atoms with Crippen LogP contribution in [0.15, 0.2) is 18.2 Å². The van der Waals surface area contributed by atoms with E-state index in [1.165, 1.54) is 18.2 Å². The molecule has 0 unspecified atom stereocenters. The van der Waals surface area contributed by atoms with Gasteiger partial charge in [0.15, 0.2) is 0 Å². The van der Waals surface area contributed by atoms with Gasteiger partial charge in [0.05, 0.1) is 13.2 Å². The first-order valence-corrected chi connectivity index (χ1v) is 10.2. The SMILES string of the molecule is O=C(O)C(F)(F)F.O=C(O)C(F)(F)F.Oc1ccc(F)cc1CN1CCC(N2CCOCC2)CC1. The van der Waals surface area contributed by atoms with Crippen molar-refractivity contribution in [3.63, 3.8) is 0 Å². The molecule has 0 bridgehead atoms. The fraction of sp³-hybridized carbons (Fsp3) is 0.600. The maximum absolute atomic E-state index is 13.3. The summed E-state index contributed by atoms with van der Waals surface area (Å²) in [5.41, 5.74) is 0.680. The third kappa shape index (κ3) is 11.6. The lowest BCUT2D eigenvalue weighted by Gasteiger charge is -2.40. The highest BCUT2D eigenvalue weighted by molar-refractivity contribution is 5.73. The van der Waals surface area contributed by atoms with E-state index >= 15 is 0 Å². The molecule has 8 nitrogen and oxygen atoms in total. The number of aromatic hydroxyl groups is 1. The number of alkyl halides is 6. The van der Waals surface area contributed by atoms with Crippen LogP contribution in [0, 0.1) is 5.82 Å². The summed E-state index contributed by atoms with van der Waals surface area (Å²) in [6.45, 7) is 6.38. The molecule has 0 saturated carbocycles. The van der Waals surface area contributed by atoms with Crippen molar-refractivity contribution in [2.45, 2.75) is 37.8 Å². The van der Waals surface area contributed by atoms with E-state index < -0.39 is 24.3 Å². The van der Waals surface area contributed by atoms with Gasteiger partial charge in [-0.15, -0.1) is 0 Å². The molecule has 3 rings (SSSR count). The second-order valence-corrected chi connectivity index (χ2v) is 7.53. The molecule has 2 aliphatic heterocycles. The summed E-state index contributed by atoms with van der Waals surface area (Å²) in [6.07, 6.45) is -7.90. The molecule has 0 spiro atoms. The van der Waals surface area contributed by atoms with Crippen LogP contribution >= 0.6 is 0 Å². The van der Waals surface area contributed by atoms with Crippen molar-refractivity contribution >= 4 is 11.9 Å².